The lowest BCUT2D eigenvalue weighted by atomic mass is 10.2. The molecule has 1 aliphatic carbocycles. The van der Waals surface area contributed by atoms with Gasteiger partial charge in [0.2, 0.25) is 0 Å². The van der Waals surface area contributed by atoms with Crippen molar-refractivity contribution >= 4 is 11.6 Å². The standard InChI is InChI=1S/C18H14F3N5O/c19-18(20,21)15-9-14(11-1-2-11)26(25-15)16-4-3-13(10-23-16)24-17(27)12-5-7-22-8-6-12/h3-11H,1-2H2,(H,24,27). The Morgan fingerprint density at radius 3 is 2.48 bits per heavy atom. The van der Waals surface area contributed by atoms with Gasteiger partial charge < -0.3 is 5.32 Å². The number of amides is 1. The molecule has 1 N–H and O–H groups in total. The van der Waals surface area contributed by atoms with E-state index in [2.05, 4.69) is 20.4 Å². The summed E-state index contributed by atoms with van der Waals surface area (Å²) >= 11 is 0. The normalized spacial score (nSPS) is 14.2. The van der Waals surface area contributed by atoms with Gasteiger partial charge in [0.05, 0.1) is 11.9 Å². The van der Waals surface area contributed by atoms with Gasteiger partial charge in [-0.05, 0) is 43.2 Å². The van der Waals surface area contributed by atoms with Crippen LogP contribution in [0.2, 0.25) is 0 Å². The van der Waals surface area contributed by atoms with Crippen LogP contribution in [0, 0.1) is 0 Å². The second kappa shape index (κ2) is 6.49. The predicted octanol–water partition coefficient (Wildman–Crippen LogP) is 3.81. The predicted molar refractivity (Wildman–Crippen MR) is 90.5 cm³/mol. The van der Waals surface area contributed by atoms with Gasteiger partial charge in [0.25, 0.3) is 5.91 Å². The van der Waals surface area contributed by atoms with E-state index in [4.69, 9.17) is 0 Å². The monoisotopic (exact) mass is 373 g/mol. The van der Waals surface area contributed by atoms with E-state index in [9.17, 15) is 18.0 Å². The molecule has 3 aromatic heterocycles. The molecule has 4 rings (SSSR count). The second-order valence-corrected chi connectivity index (χ2v) is 6.23. The summed E-state index contributed by atoms with van der Waals surface area (Å²) in [7, 11) is 0. The molecule has 1 aliphatic rings. The van der Waals surface area contributed by atoms with Gasteiger partial charge in [0.1, 0.15) is 0 Å². The SMILES string of the molecule is O=C(Nc1ccc(-n2nc(C(F)(F)F)cc2C2CC2)nc1)c1ccncc1. The number of nitrogens with one attached hydrogen (secondary N) is 1. The maximum Gasteiger partial charge on any atom is 0.435 e. The van der Waals surface area contributed by atoms with E-state index in [-0.39, 0.29) is 17.6 Å². The lowest BCUT2D eigenvalue weighted by molar-refractivity contribution is -0.141. The maximum atomic E-state index is 13.0. The summed E-state index contributed by atoms with van der Waals surface area (Å²) in [5.41, 5.74) is 0.438. The topological polar surface area (TPSA) is 72.7 Å². The van der Waals surface area contributed by atoms with E-state index in [1.165, 1.54) is 29.3 Å². The van der Waals surface area contributed by atoms with Crippen molar-refractivity contribution < 1.29 is 18.0 Å². The fraction of sp³-hybridized carbons (Fsp3) is 0.222. The number of hydrogen-bond donors (Lipinski definition) is 1. The smallest absolute Gasteiger partial charge is 0.321 e. The zero-order valence-corrected chi connectivity index (χ0v) is 13.9. The summed E-state index contributed by atoms with van der Waals surface area (Å²) < 4.78 is 40.2. The fourth-order valence-electron chi connectivity index (χ4n) is 2.68. The van der Waals surface area contributed by atoms with Crippen molar-refractivity contribution in [1.29, 1.82) is 0 Å². The van der Waals surface area contributed by atoms with Crippen LogP contribution in [0.25, 0.3) is 5.82 Å². The van der Waals surface area contributed by atoms with Crippen molar-refractivity contribution in [3.63, 3.8) is 0 Å². The van der Waals surface area contributed by atoms with E-state index in [0.29, 0.717) is 16.9 Å². The summed E-state index contributed by atoms with van der Waals surface area (Å²) in [6.07, 6.45) is 1.57. The highest BCUT2D eigenvalue weighted by molar-refractivity contribution is 6.04. The van der Waals surface area contributed by atoms with Crippen LogP contribution in [-0.2, 0) is 6.18 Å². The van der Waals surface area contributed by atoms with Gasteiger partial charge in [0.15, 0.2) is 11.5 Å². The maximum absolute atomic E-state index is 13.0. The Morgan fingerprint density at radius 2 is 1.89 bits per heavy atom. The minimum absolute atomic E-state index is 0.0708. The Hall–Kier alpha value is -3.23. The average molecular weight is 373 g/mol. The lowest BCUT2D eigenvalue weighted by Crippen LogP contribution is -2.12. The Kier molecular flexibility index (Phi) is 4.14. The van der Waals surface area contributed by atoms with Crippen LogP contribution in [0.1, 0.15) is 40.5 Å². The van der Waals surface area contributed by atoms with Crippen LogP contribution in [0.15, 0.2) is 48.9 Å². The molecule has 0 spiro atoms. The molecule has 0 radical (unpaired) electrons. The van der Waals surface area contributed by atoms with Crippen molar-refractivity contribution in [2.45, 2.75) is 24.9 Å². The third kappa shape index (κ3) is 3.67. The summed E-state index contributed by atoms with van der Waals surface area (Å²) in [5.74, 6) is 0.0137. The molecular formula is C18H14F3N5O. The van der Waals surface area contributed by atoms with Crippen LogP contribution >= 0.6 is 0 Å². The first kappa shape index (κ1) is 17.2. The van der Waals surface area contributed by atoms with Crippen molar-refractivity contribution in [1.82, 2.24) is 19.7 Å². The zero-order chi connectivity index (χ0) is 19.0. The van der Waals surface area contributed by atoms with E-state index in [1.54, 1.807) is 18.2 Å². The van der Waals surface area contributed by atoms with Gasteiger partial charge in [-0.25, -0.2) is 9.67 Å². The number of nitrogens with zero attached hydrogens (tertiary/aromatic N) is 4. The lowest BCUT2D eigenvalue weighted by Gasteiger charge is -2.08. The number of aromatic nitrogens is 4. The Balaban J connectivity index is 1.57. The molecule has 3 aromatic rings. The van der Waals surface area contributed by atoms with Gasteiger partial charge in [-0.15, -0.1) is 0 Å². The van der Waals surface area contributed by atoms with E-state index in [1.807, 2.05) is 0 Å². The van der Waals surface area contributed by atoms with Gasteiger partial charge in [-0.3, -0.25) is 9.78 Å². The van der Waals surface area contributed by atoms with Gasteiger partial charge >= 0.3 is 6.18 Å². The van der Waals surface area contributed by atoms with Crippen molar-refractivity contribution in [3.8, 4) is 5.82 Å². The average Bonchev–Trinajstić information content (AvgIpc) is 3.40. The summed E-state index contributed by atoms with van der Waals surface area (Å²) in [4.78, 5) is 20.1. The first-order chi connectivity index (χ1) is 12.9. The molecule has 9 heteroatoms. The Labute approximate surface area is 152 Å². The summed E-state index contributed by atoms with van der Waals surface area (Å²) in [6, 6.07) is 7.33. The number of hydrogen-bond acceptors (Lipinski definition) is 4. The second-order valence-electron chi connectivity index (χ2n) is 6.23. The highest BCUT2D eigenvalue weighted by Crippen LogP contribution is 2.42. The number of halogens is 3. The molecular weight excluding hydrogens is 359 g/mol. The van der Waals surface area contributed by atoms with Crippen molar-refractivity contribution in [3.05, 3.63) is 65.9 Å². The van der Waals surface area contributed by atoms with Gasteiger partial charge in [0, 0.05) is 29.6 Å². The highest BCUT2D eigenvalue weighted by atomic mass is 19.4. The van der Waals surface area contributed by atoms with Crippen molar-refractivity contribution in [2.24, 2.45) is 0 Å². The van der Waals surface area contributed by atoms with Crippen LogP contribution in [0.5, 0.6) is 0 Å². The molecule has 3 heterocycles. The summed E-state index contributed by atoms with van der Waals surface area (Å²) in [5, 5.41) is 6.36. The number of carbonyl (C=O) groups is 1. The molecule has 0 aromatic carbocycles. The molecule has 0 unspecified atom stereocenters. The van der Waals surface area contributed by atoms with E-state index in [0.717, 1.165) is 18.9 Å². The number of carbonyl (C=O) groups excluding carboxylic acids is 1. The van der Waals surface area contributed by atoms with Crippen LogP contribution < -0.4 is 5.32 Å². The largest absolute Gasteiger partial charge is 0.435 e. The molecule has 27 heavy (non-hydrogen) atoms. The minimum atomic E-state index is -4.51. The van der Waals surface area contributed by atoms with Crippen LogP contribution in [-0.4, -0.2) is 25.7 Å². The molecule has 6 nitrogen and oxygen atoms in total. The van der Waals surface area contributed by atoms with E-state index >= 15 is 0 Å². The van der Waals surface area contributed by atoms with Crippen LogP contribution in [0.4, 0.5) is 18.9 Å². The molecule has 1 fully saturated rings. The third-order valence-corrected chi connectivity index (χ3v) is 4.19. The molecule has 138 valence electrons. The molecule has 0 bridgehead atoms. The number of anilines is 1. The van der Waals surface area contributed by atoms with E-state index < -0.39 is 11.9 Å². The van der Waals surface area contributed by atoms with Gasteiger partial charge in [-0.1, -0.05) is 0 Å². The fourth-order valence-corrected chi connectivity index (χ4v) is 2.68. The molecule has 0 saturated heterocycles. The first-order valence-electron chi connectivity index (χ1n) is 8.27. The molecule has 1 saturated carbocycles. The molecule has 0 aliphatic heterocycles. The Bertz CT molecular complexity index is 963. The number of alkyl halides is 3. The Morgan fingerprint density at radius 1 is 1.15 bits per heavy atom. The number of pyridine rings is 2. The number of rotatable bonds is 4. The molecule has 1 amide bonds. The molecule has 0 atom stereocenters. The zero-order valence-electron chi connectivity index (χ0n) is 13.9. The first-order valence-corrected chi connectivity index (χ1v) is 8.27. The summed E-state index contributed by atoms with van der Waals surface area (Å²) in [6.45, 7) is 0. The van der Waals surface area contributed by atoms with Crippen molar-refractivity contribution in [2.75, 3.05) is 5.32 Å². The minimum Gasteiger partial charge on any atom is -0.321 e. The highest BCUT2D eigenvalue weighted by Gasteiger charge is 2.38. The quantitative estimate of drug-likeness (QED) is 0.755. The third-order valence-electron chi connectivity index (χ3n) is 4.19. The van der Waals surface area contributed by atoms with Crippen LogP contribution in [0.3, 0.4) is 0 Å². The van der Waals surface area contributed by atoms with Gasteiger partial charge in [-0.2, -0.15) is 18.3 Å².